The summed E-state index contributed by atoms with van der Waals surface area (Å²) in [5.74, 6) is 0.445. The smallest absolute Gasteiger partial charge is 0.187 e. The summed E-state index contributed by atoms with van der Waals surface area (Å²) in [6.45, 7) is 16.5. The molecule has 6 aliphatic rings. The summed E-state index contributed by atoms with van der Waals surface area (Å²) in [7, 11) is 0. The van der Waals surface area contributed by atoms with Crippen molar-refractivity contribution in [1.29, 1.82) is 0 Å². The third-order valence-electron chi connectivity index (χ3n) is 16.6. The number of allylic oxidation sites excluding steroid dienone is 2. The maximum Gasteiger partial charge on any atom is 0.187 e. The van der Waals surface area contributed by atoms with Gasteiger partial charge in [0, 0.05) is 0 Å². The van der Waals surface area contributed by atoms with Gasteiger partial charge in [-0.3, -0.25) is 0 Å². The Labute approximate surface area is 327 Å². The molecule has 2 aliphatic heterocycles. The number of hydrogen-bond acceptors (Lipinski definition) is 13. The van der Waals surface area contributed by atoms with E-state index in [1.807, 2.05) is 6.92 Å². The van der Waals surface area contributed by atoms with Crippen LogP contribution in [0.4, 0.5) is 0 Å². The quantitative estimate of drug-likeness (QED) is 0.115. The van der Waals surface area contributed by atoms with Crippen molar-refractivity contribution in [3.63, 3.8) is 0 Å². The zero-order valence-corrected chi connectivity index (χ0v) is 34.3. The van der Waals surface area contributed by atoms with Crippen LogP contribution in [0.5, 0.6) is 0 Å². The molecule has 0 unspecified atom stereocenters. The number of fused-ring (bicyclic) bond motifs is 5. The average molecular weight is 785 g/mol. The highest BCUT2D eigenvalue weighted by Crippen LogP contribution is 2.76. The van der Waals surface area contributed by atoms with Gasteiger partial charge >= 0.3 is 0 Å². The Morgan fingerprint density at radius 1 is 0.727 bits per heavy atom. The average Bonchev–Trinajstić information content (AvgIpc) is 3.50. The van der Waals surface area contributed by atoms with Crippen LogP contribution in [0.15, 0.2) is 11.6 Å². The minimum atomic E-state index is -1.75. The largest absolute Gasteiger partial charge is 0.394 e. The molecule has 0 aromatic carbocycles. The van der Waals surface area contributed by atoms with Gasteiger partial charge in [0.05, 0.1) is 31.0 Å². The summed E-state index contributed by atoms with van der Waals surface area (Å²) in [6, 6.07) is 0. The second-order valence-electron chi connectivity index (χ2n) is 20.1. The summed E-state index contributed by atoms with van der Waals surface area (Å²) < 4.78 is 24.4. The van der Waals surface area contributed by atoms with Crippen LogP contribution in [0.3, 0.4) is 0 Å². The minimum Gasteiger partial charge on any atom is -0.394 e. The van der Waals surface area contributed by atoms with Gasteiger partial charge in [-0.15, -0.1) is 0 Å². The first kappa shape index (κ1) is 43.8. The van der Waals surface area contributed by atoms with Gasteiger partial charge in [0.1, 0.15) is 48.8 Å². The summed E-state index contributed by atoms with van der Waals surface area (Å²) in [5, 5.41) is 97.4. The Hall–Kier alpha value is -0.780. The van der Waals surface area contributed by atoms with Crippen molar-refractivity contribution in [3.8, 4) is 0 Å². The molecule has 0 bridgehead atoms. The van der Waals surface area contributed by atoms with Crippen molar-refractivity contribution >= 4 is 0 Å². The Morgan fingerprint density at radius 2 is 1.33 bits per heavy atom. The normalized spacial score (nSPS) is 52.0. The third-order valence-corrected chi connectivity index (χ3v) is 16.6. The van der Waals surface area contributed by atoms with Crippen molar-refractivity contribution < 1.29 is 64.9 Å². The summed E-state index contributed by atoms with van der Waals surface area (Å²) >= 11 is 0. The zero-order chi connectivity index (χ0) is 40.6. The molecule has 6 rings (SSSR count). The van der Waals surface area contributed by atoms with Crippen LogP contribution in [0.25, 0.3) is 0 Å². The van der Waals surface area contributed by atoms with Gasteiger partial charge in [-0.25, -0.2) is 0 Å². The van der Waals surface area contributed by atoms with Gasteiger partial charge in [0.25, 0.3) is 0 Å². The molecule has 4 saturated carbocycles. The monoisotopic (exact) mass is 784 g/mol. The Morgan fingerprint density at radius 3 is 1.95 bits per heavy atom. The predicted molar refractivity (Wildman–Crippen MR) is 201 cm³/mol. The van der Waals surface area contributed by atoms with Crippen LogP contribution in [0.1, 0.15) is 113 Å². The van der Waals surface area contributed by atoms with Crippen LogP contribution in [0.2, 0.25) is 0 Å². The lowest BCUT2D eigenvalue weighted by atomic mass is 9.35. The van der Waals surface area contributed by atoms with Crippen molar-refractivity contribution in [2.45, 2.75) is 192 Å². The van der Waals surface area contributed by atoms with Crippen molar-refractivity contribution in [2.24, 2.45) is 45.3 Å². The second kappa shape index (κ2) is 15.7. The van der Waals surface area contributed by atoms with Crippen molar-refractivity contribution in [2.75, 3.05) is 13.2 Å². The van der Waals surface area contributed by atoms with Gasteiger partial charge in [-0.1, -0.05) is 46.3 Å². The number of aliphatic hydroxyl groups is 9. The fourth-order valence-corrected chi connectivity index (χ4v) is 13.3. The molecule has 0 spiro atoms. The maximum atomic E-state index is 12.2. The van der Waals surface area contributed by atoms with Gasteiger partial charge in [0.2, 0.25) is 0 Å². The maximum absolute atomic E-state index is 12.2. The van der Waals surface area contributed by atoms with Crippen LogP contribution < -0.4 is 0 Å². The fourth-order valence-electron chi connectivity index (χ4n) is 13.3. The van der Waals surface area contributed by atoms with E-state index in [1.54, 1.807) is 0 Å². The van der Waals surface area contributed by atoms with E-state index in [4.69, 9.17) is 18.9 Å². The highest BCUT2D eigenvalue weighted by Gasteiger charge is 2.71. The van der Waals surface area contributed by atoms with Crippen LogP contribution in [0, 0.1) is 45.3 Å². The first-order valence-corrected chi connectivity index (χ1v) is 20.9. The van der Waals surface area contributed by atoms with E-state index >= 15 is 0 Å². The van der Waals surface area contributed by atoms with Gasteiger partial charge in [-0.05, 0) is 124 Å². The molecule has 0 amide bonds. The molecular formula is C42H72O13. The topological polar surface area (TPSA) is 219 Å². The molecule has 4 aliphatic carbocycles. The Kier molecular flexibility index (Phi) is 12.5. The molecule has 13 nitrogen and oxygen atoms in total. The third kappa shape index (κ3) is 7.20. The highest BCUT2D eigenvalue weighted by atomic mass is 16.8. The lowest BCUT2D eigenvalue weighted by Gasteiger charge is -2.70. The fraction of sp³-hybridized carbons (Fsp3) is 0.952. The molecular weight excluding hydrogens is 712 g/mol. The summed E-state index contributed by atoms with van der Waals surface area (Å²) in [5.41, 5.74) is -0.405. The molecule has 6 fully saturated rings. The highest BCUT2D eigenvalue weighted by molar-refractivity contribution is 5.20. The number of ether oxygens (including phenoxy) is 4. The molecule has 9 N–H and O–H groups in total. The Bertz CT molecular complexity index is 1370. The van der Waals surface area contributed by atoms with E-state index < -0.39 is 97.8 Å². The number of rotatable bonds is 10. The molecule has 20 atom stereocenters. The minimum absolute atomic E-state index is 0.00798. The van der Waals surface area contributed by atoms with E-state index in [9.17, 15) is 46.0 Å². The van der Waals surface area contributed by atoms with Crippen LogP contribution in [-0.4, -0.2) is 138 Å². The van der Waals surface area contributed by atoms with Gasteiger partial charge in [-0.2, -0.15) is 0 Å². The summed E-state index contributed by atoms with van der Waals surface area (Å²) in [6.07, 6.45) is -6.48. The van der Waals surface area contributed by atoms with Crippen molar-refractivity contribution in [1.82, 2.24) is 0 Å². The lowest BCUT2D eigenvalue weighted by Crippen LogP contribution is -2.68. The zero-order valence-electron chi connectivity index (χ0n) is 34.3. The van der Waals surface area contributed by atoms with E-state index in [0.717, 1.165) is 38.5 Å². The van der Waals surface area contributed by atoms with E-state index in [1.165, 1.54) is 5.57 Å². The molecule has 2 heterocycles. The van der Waals surface area contributed by atoms with E-state index in [-0.39, 0.29) is 39.9 Å². The molecule has 55 heavy (non-hydrogen) atoms. The SMILES string of the molecule is CC(C)=CCC[C@](C)(O)[C@@H]1CC[C@@]2(C)[C@H]1[C@@H](O)C[C@H]1[C@@]3(C)CC[C@@H](O[C@@H]4O[C@@H](CO)[C@H](O)[C@@H](O)[C@H]4O[C@@H]4O[C@@H](CO)[C@H](O)[C@H](O)[C@H]4O)C(C)(C)[C@H]3CC[C@@]12C. The molecule has 2 saturated heterocycles. The summed E-state index contributed by atoms with van der Waals surface area (Å²) in [4.78, 5) is 0. The van der Waals surface area contributed by atoms with Crippen LogP contribution >= 0.6 is 0 Å². The number of aliphatic hydroxyl groups excluding tert-OH is 8. The van der Waals surface area contributed by atoms with Crippen molar-refractivity contribution in [3.05, 3.63) is 11.6 Å². The van der Waals surface area contributed by atoms with E-state index in [2.05, 4.69) is 54.5 Å². The van der Waals surface area contributed by atoms with E-state index in [0.29, 0.717) is 19.3 Å². The molecule has 0 aromatic heterocycles. The first-order chi connectivity index (χ1) is 25.6. The molecule has 318 valence electrons. The second-order valence-corrected chi connectivity index (χ2v) is 20.1. The molecule has 0 radical (unpaired) electrons. The van der Waals surface area contributed by atoms with Gasteiger partial charge < -0.3 is 64.9 Å². The number of hydrogen-bond donors (Lipinski definition) is 9. The van der Waals surface area contributed by atoms with Crippen LogP contribution in [-0.2, 0) is 18.9 Å². The Balaban J connectivity index is 1.23. The lowest BCUT2D eigenvalue weighted by molar-refractivity contribution is -0.378. The molecule has 13 heteroatoms. The molecule has 0 aromatic rings. The van der Waals surface area contributed by atoms with Gasteiger partial charge in [0.15, 0.2) is 12.6 Å². The predicted octanol–water partition coefficient (Wildman–Crippen LogP) is 2.15. The standard InChI is InChI=1S/C42H72O13/c1-21(2)10-9-14-42(8,51)22-11-16-41(7)29(22)23(45)18-27-39(5)15-13-28(38(3,4)26(39)12-17-40(27,41)6)54-37-35(33(49)31(47)25(20-44)53-37)55-36-34(50)32(48)30(46)24(19-43)52-36/h10,22-37,43-51H,9,11-20H2,1-8H3/t22-,23+,24+,25+,26-,27+,28-,29-,30+,31+,32+,33-,34-,35-,36+,37+,39+,40+,41+,42+/m1/s1. The first-order valence-electron chi connectivity index (χ1n) is 20.9.